The molecule has 0 amide bonds. The Labute approximate surface area is 103 Å². The molecule has 0 fully saturated rings. The molecule has 1 aromatic rings. The number of anilines is 1. The van der Waals surface area contributed by atoms with Crippen molar-refractivity contribution in [2.45, 2.75) is 13.3 Å². The van der Waals surface area contributed by atoms with E-state index in [-0.39, 0.29) is 23.8 Å². The number of hydrogen-bond acceptors (Lipinski definition) is 6. The monoisotopic (exact) mass is 260 g/mol. The summed E-state index contributed by atoms with van der Waals surface area (Å²) in [4.78, 5) is 23.8. The first-order valence-corrected chi connectivity index (χ1v) is 5.37. The van der Waals surface area contributed by atoms with E-state index in [0.717, 1.165) is 6.42 Å². The molecule has 7 nitrogen and oxygen atoms in total. The fourth-order valence-corrected chi connectivity index (χ4v) is 1.39. The van der Waals surface area contributed by atoms with Gasteiger partial charge in [-0.15, -0.1) is 0 Å². The van der Waals surface area contributed by atoms with Crippen LogP contribution in [0.4, 0.5) is 5.95 Å². The highest BCUT2D eigenvalue weighted by atomic mass is 35.5. The van der Waals surface area contributed by atoms with E-state index in [1.807, 2.05) is 6.92 Å². The van der Waals surface area contributed by atoms with Gasteiger partial charge in [-0.05, 0) is 18.0 Å². The summed E-state index contributed by atoms with van der Waals surface area (Å²) in [5.41, 5.74) is 0. The summed E-state index contributed by atoms with van der Waals surface area (Å²) in [5.74, 6) is -0.764. The predicted molar refractivity (Wildman–Crippen MR) is 61.5 cm³/mol. The number of nitrogens with zero attached hydrogens (tertiary/aromatic N) is 4. The smallest absolute Gasteiger partial charge is 0.323 e. The molecule has 0 atom stereocenters. The van der Waals surface area contributed by atoms with Crippen LogP contribution >= 0.6 is 11.6 Å². The van der Waals surface area contributed by atoms with Gasteiger partial charge >= 0.3 is 12.0 Å². The molecule has 1 N–H and O–H groups in total. The molecule has 0 saturated heterocycles. The maximum atomic E-state index is 10.7. The lowest BCUT2D eigenvalue weighted by Gasteiger charge is -2.19. The first-order valence-electron chi connectivity index (χ1n) is 4.99. The standard InChI is InChI=1S/C9H13ClN4O3/c1-3-4-14(5-6(15)16)8-11-7(10)12-9(13-8)17-2/h3-5H2,1-2H3,(H,15,16). The molecule has 0 aromatic carbocycles. The van der Waals surface area contributed by atoms with Gasteiger partial charge in [0.2, 0.25) is 11.2 Å². The Morgan fingerprint density at radius 2 is 2.18 bits per heavy atom. The maximum Gasteiger partial charge on any atom is 0.323 e. The van der Waals surface area contributed by atoms with Gasteiger partial charge < -0.3 is 14.7 Å². The Morgan fingerprint density at radius 3 is 2.71 bits per heavy atom. The maximum absolute atomic E-state index is 10.7. The second-order valence-electron chi connectivity index (χ2n) is 3.21. The van der Waals surface area contributed by atoms with Gasteiger partial charge in [0.25, 0.3) is 0 Å². The van der Waals surface area contributed by atoms with Crippen molar-refractivity contribution in [3.63, 3.8) is 0 Å². The van der Waals surface area contributed by atoms with Crippen LogP contribution in [0.5, 0.6) is 6.01 Å². The Morgan fingerprint density at radius 1 is 1.47 bits per heavy atom. The van der Waals surface area contributed by atoms with Crippen molar-refractivity contribution in [2.75, 3.05) is 25.1 Å². The zero-order valence-electron chi connectivity index (χ0n) is 9.55. The highest BCUT2D eigenvalue weighted by Gasteiger charge is 2.15. The van der Waals surface area contributed by atoms with E-state index < -0.39 is 5.97 Å². The second kappa shape index (κ2) is 6.19. The van der Waals surface area contributed by atoms with E-state index >= 15 is 0 Å². The Hall–Kier alpha value is -1.63. The number of carboxylic acid groups (broad SMARTS) is 1. The van der Waals surface area contributed by atoms with Crippen LogP contribution < -0.4 is 9.64 Å². The molecule has 1 rings (SSSR count). The number of carbonyl (C=O) groups is 1. The van der Waals surface area contributed by atoms with Crippen LogP contribution in [-0.2, 0) is 4.79 Å². The summed E-state index contributed by atoms with van der Waals surface area (Å²) in [6.07, 6.45) is 0.763. The zero-order valence-corrected chi connectivity index (χ0v) is 10.3. The minimum absolute atomic E-state index is 0.0293. The quantitative estimate of drug-likeness (QED) is 0.810. The van der Waals surface area contributed by atoms with Gasteiger partial charge in [0.15, 0.2) is 0 Å². The first-order chi connectivity index (χ1) is 8.06. The lowest BCUT2D eigenvalue weighted by molar-refractivity contribution is -0.135. The Balaban J connectivity index is 2.99. The van der Waals surface area contributed by atoms with Crippen LogP contribution in [0, 0.1) is 0 Å². The normalized spacial score (nSPS) is 10.1. The van der Waals surface area contributed by atoms with Crippen molar-refractivity contribution < 1.29 is 14.6 Å². The van der Waals surface area contributed by atoms with Crippen molar-refractivity contribution in [1.29, 1.82) is 0 Å². The van der Waals surface area contributed by atoms with E-state index in [4.69, 9.17) is 21.4 Å². The molecular formula is C9H13ClN4O3. The van der Waals surface area contributed by atoms with Crippen LogP contribution in [0.15, 0.2) is 0 Å². The number of methoxy groups -OCH3 is 1. The number of carboxylic acids is 1. The third-order valence-corrected chi connectivity index (χ3v) is 2.03. The van der Waals surface area contributed by atoms with Gasteiger partial charge in [-0.25, -0.2) is 0 Å². The highest BCUT2D eigenvalue weighted by molar-refractivity contribution is 6.28. The molecule has 0 saturated carbocycles. The van der Waals surface area contributed by atoms with E-state index in [1.165, 1.54) is 12.0 Å². The van der Waals surface area contributed by atoms with Crippen molar-refractivity contribution in [3.05, 3.63) is 5.28 Å². The molecule has 8 heteroatoms. The third kappa shape index (κ3) is 4.03. The highest BCUT2D eigenvalue weighted by Crippen LogP contribution is 2.14. The van der Waals surface area contributed by atoms with Crippen LogP contribution in [-0.4, -0.2) is 46.2 Å². The lowest BCUT2D eigenvalue weighted by atomic mass is 10.4. The second-order valence-corrected chi connectivity index (χ2v) is 3.54. The molecule has 0 aliphatic carbocycles. The average Bonchev–Trinajstić information content (AvgIpc) is 2.27. The van der Waals surface area contributed by atoms with Crippen molar-refractivity contribution >= 4 is 23.5 Å². The molecule has 0 aliphatic heterocycles. The molecule has 1 heterocycles. The zero-order chi connectivity index (χ0) is 12.8. The molecule has 0 unspecified atom stereocenters. The summed E-state index contributed by atoms with van der Waals surface area (Å²) < 4.78 is 4.85. The van der Waals surface area contributed by atoms with Crippen molar-refractivity contribution in [1.82, 2.24) is 15.0 Å². The Bertz CT molecular complexity index is 402. The summed E-state index contributed by atoms with van der Waals surface area (Å²) in [5, 5.41) is 8.76. The molecular weight excluding hydrogens is 248 g/mol. The lowest BCUT2D eigenvalue weighted by Crippen LogP contribution is -2.32. The molecule has 1 aromatic heterocycles. The SMILES string of the molecule is CCCN(CC(=O)O)c1nc(Cl)nc(OC)n1. The Kier molecular flexibility index (Phi) is 4.89. The minimum Gasteiger partial charge on any atom is -0.480 e. The van der Waals surface area contributed by atoms with E-state index in [2.05, 4.69) is 15.0 Å². The molecule has 94 valence electrons. The summed E-state index contributed by atoms with van der Waals surface area (Å²) in [6, 6.07) is 0.0616. The topological polar surface area (TPSA) is 88.4 Å². The summed E-state index contributed by atoms with van der Waals surface area (Å²) >= 11 is 5.69. The van der Waals surface area contributed by atoms with Gasteiger partial charge in [-0.1, -0.05) is 6.92 Å². The average molecular weight is 261 g/mol. The number of aromatic nitrogens is 3. The first kappa shape index (κ1) is 13.4. The molecule has 0 bridgehead atoms. The van der Waals surface area contributed by atoms with Gasteiger partial charge in [0.05, 0.1) is 7.11 Å². The van der Waals surface area contributed by atoms with Crippen LogP contribution in [0.25, 0.3) is 0 Å². The third-order valence-electron chi connectivity index (χ3n) is 1.86. The fraction of sp³-hybridized carbons (Fsp3) is 0.556. The summed E-state index contributed by atoms with van der Waals surface area (Å²) in [6.45, 7) is 2.24. The minimum atomic E-state index is -0.964. The van der Waals surface area contributed by atoms with Crippen molar-refractivity contribution in [3.8, 4) is 6.01 Å². The van der Waals surface area contributed by atoms with Gasteiger partial charge in [0.1, 0.15) is 6.54 Å². The van der Waals surface area contributed by atoms with Crippen LogP contribution in [0.2, 0.25) is 5.28 Å². The number of ether oxygens (including phenoxy) is 1. The molecule has 0 spiro atoms. The fourth-order valence-electron chi connectivity index (χ4n) is 1.24. The molecule has 0 aliphatic rings. The predicted octanol–water partition coefficient (Wildman–Crippen LogP) is 0.835. The van der Waals surface area contributed by atoms with Crippen LogP contribution in [0.1, 0.15) is 13.3 Å². The van der Waals surface area contributed by atoms with Crippen molar-refractivity contribution in [2.24, 2.45) is 0 Å². The molecule has 17 heavy (non-hydrogen) atoms. The van der Waals surface area contributed by atoms with E-state index in [1.54, 1.807) is 0 Å². The number of hydrogen-bond donors (Lipinski definition) is 1. The number of halogens is 1. The van der Waals surface area contributed by atoms with Gasteiger partial charge in [-0.3, -0.25) is 4.79 Å². The van der Waals surface area contributed by atoms with Gasteiger partial charge in [-0.2, -0.15) is 15.0 Å². The van der Waals surface area contributed by atoms with Gasteiger partial charge in [0, 0.05) is 6.54 Å². The number of rotatable bonds is 6. The number of aliphatic carboxylic acids is 1. The van der Waals surface area contributed by atoms with Crippen LogP contribution in [0.3, 0.4) is 0 Å². The van der Waals surface area contributed by atoms with E-state index in [0.29, 0.717) is 6.54 Å². The molecule has 0 radical (unpaired) electrons. The summed E-state index contributed by atoms with van der Waals surface area (Å²) in [7, 11) is 1.40. The van der Waals surface area contributed by atoms with E-state index in [9.17, 15) is 4.79 Å². The largest absolute Gasteiger partial charge is 0.480 e.